The second-order valence-electron chi connectivity index (χ2n) is 4.47. The van der Waals surface area contributed by atoms with Crippen molar-refractivity contribution in [2.45, 2.75) is 37.7 Å². The van der Waals surface area contributed by atoms with E-state index in [2.05, 4.69) is 4.72 Å². The Kier molecular flexibility index (Phi) is 5.61. The van der Waals surface area contributed by atoms with Crippen molar-refractivity contribution in [2.24, 2.45) is 0 Å². The first kappa shape index (κ1) is 16.5. The van der Waals surface area contributed by atoms with Crippen LogP contribution in [0.1, 0.15) is 25.3 Å². The molecular weight excluding hydrogens is 284 g/mol. The summed E-state index contributed by atoms with van der Waals surface area (Å²) >= 11 is 0. The third kappa shape index (κ3) is 3.99. The summed E-state index contributed by atoms with van der Waals surface area (Å²) in [5.41, 5.74) is -0.181. The van der Waals surface area contributed by atoms with Gasteiger partial charge in [0.05, 0.1) is 11.0 Å². The van der Waals surface area contributed by atoms with Crippen LogP contribution in [0, 0.1) is 17.0 Å². The maximum absolute atomic E-state index is 12.2. The Morgan fingerprint density at radius 3 is 2.65 bits per heavy atom. The summed E-state index contributed by atoms with van der Waals surface area (Å²) in [7, 11) is -4.03. The summed E-state index contributed by atoms with van der Waals surface area (Å²) in [5, 5.41) is 20.5. The predicted octanol–water partition coefficient (Wildman–Crippen LogP) is 1.34. The summed E-state index contributed by atoms with van der Waals surface area (Å²) in [5.74, 6) is 0. The molecule has 0 saturated heterocycles. The highest BCUT2D eigenvalue weighted by Gasteiger charge is 2.27. The number of hydrogen-bond donors (Lipinski definition) is 2. The Bertz CT molecular complexity index is 586. The molecule has 2 N–H and O–H groups in total. The standard InChI is InChI=1S/C12H18N2O5S/c1-3-5-10(15)8-13-20(18,19)12-9(2)6-4-7-11(12)14(16)17/h4,6-7,10,13,15H,3,5,8H2,1-2H3. The zero-order chi connectivity index (χ0) is 15.3. The zero-order valence-corrected chi connectivity index (χ0v) is 12.2. The van der Waals surface area contributed by atoms with E-state index >= 15 is 0 Å². The first-order chi connectivity index (χ1) is 9.29. The molecule has 112 valence electrons. The van der Waals surface area contributed by atoms with Gasteiger partial charge in [0.2, 0.25) is 10.0 Å². The van der Waals surface area contributed by atoms with E-state index in [1.807, 2.05) is 6.92 Å². The van der Waals surface area contributed by atoms with Gasteiger partial charge in [0.15, 0.2) is 4.90 Å². The van der Waals surface area contributed by atoms with E-state index in [1.54, 1.807) is 0 Å². The topological polar surface area (TPSA) is 110 Å². The first-order valence-corrected chi connectivity index (χ1v) is 7.69. The van der Waals surface area contributed by atoms with E-state index in [9.17, 15) is 23.6 Å². The van der Waals surface area contributed by atoms with Gasteiger partial charge >= 0.3 is 0 Å². The van der Waals surface area contributed by atoms with Crippen molar-refractivity contribution in [3.8, 4) is 0 Å². The highest BCUT2D eigenvalue weighted by atomic mass is 32.2. The fourth-order valence-electron chi connectivity index (χ4n) is 1.84. The Morgan fingerprint density at radius 2 is 2.10 bits per heavy atom. The van der Waals surface area contributed by atoms with Crippen LogP contribution in [0.15, 0.2) is 23.1 Å². The van der Waals surface area contributed by atoms with Crippen LogP contribution in [0.4, 0.5) is 5.69 Å². The Balaban J connectivity index is 3.07. The molecule has 0 aromatic heterocycles. The Morgan fingerprint density at radius 1 is 1.45 bits per heavy atom. The average Bonchev–Trinajstić information content (AvgIpc) is 2.36. The Hall–Kier alpha value is -1.51. The summed E-state index contributed by atoms with van der Waals surface area (Å²) in [4.78, 5) is 9.84. The number of nitrogens with one attached hydrogen (secondary N) is 1. The minimum Gasteiger partial charge on any atom is -0.392 e. The monoisotopic (exact) mass is 302 g/mol. The van der Waals surface area contributed by atoms with Crippen molar-refractivity contribution >= 4 is 15.7 Å². The van der Waals surface area contributed by atoms with Crippen LogP contribution in [-0.2, 0) is 10.0 Å². The molecule has 0 spiro atoms. The van der Waals surface area contributed by atoms with E-state index < -0.39 is 26.7 Å². The molecule has 1 aromatic rings. The molecule has 0 heterocycles. The van der Waals surface area contributed by atoms with Crippen LogP contribution < -0.4 is 4.72 Å². The number of aliphatic hydroxyl groups excluding tert-OH is 1. The number of rotatable bonds is 7. The Labute approximate surface area is 117 Å². The number of nitro benzene ring substituents is 1. The molecule has 20 heavy (non-hydrogen) atoms. The number of nitrogens with zero attached hydrogens (tertiary/aromatic N) is 1. The molecule has 1 unspecified atom stereocenters. The van der Waals surface area contributed by atoms with Crippen LogP contribution >= 0.6 is 0 Å². The summed E-state index contributed by atoms with van der Waals surface area (Å²) < 4.78 is 26.5. The molecule has 0 saturated carbocycles. The molecule has 0 aliphatic carbocycles. The van der Waals surface area contributed by atoms with Crippen molar-refractivity contribution in [1.82, 2.24) is 4.72 Å². The lowest BCUT2D eigenvalue weighted by molar-refractivity contribution is -0.387. The maximum Gasteiger partial charge on any atom is 0.289 e. The minimum absolute atomic E-state index is 0.165. The van der Waals surface area contributed by atoms with Crippen molar-refractivity contribution in [3.05, 3.63) is 33.9 Å². The van der Waals surface area contributed by atoms with Gasteiger partial charge < -0.3 is 5.11 Å². The van der Waals surface area contributed by atoms with Crippen molar-refractivity contribution in [3.63, 3.8) is 0 Å². The molecule has 0 fully saturated rings. The second-order valence-corrected chi connectivity index (χ2v) is 6.18. The second kappa shape index (κ2) is 6.78. The summed E-state index contributed by atoms with van der Waals surface area (Å²) in [6, 6.07) is 4.06. The van der Waals surface area contributed by atoms with Gasteiger partial charge in [-0.25, -0.2) is 13.1 Å². The fourth-order valence-corrected chi connectivity index (χ4v) is 3.31. The molecule has 0 amide bonds. The number of sulfonamides is 1. The molecular formula is C12H18N2O5S. The van der Waals surface area contributed by atoms with E-state index in [1.165, 1.54) is 19.1 Å². The quantitative estimate of drug-likeness (QED) is 0.583. The molecule has 7 nitrogen and oxygen atoms in total. The van der Waals surface area contributed by atoms with Crippen molar-refractivity contribution < 1.29 is 18.4 Å². The third-order valence-corrected chi connectivity index (χ3v) is 4.40. The summed E-state index contributed by atoms with van der Waals surface area (Å²) in [6.07, 6.45) is 0.365. The molecule has 8 heteroatoms. The number of aryl methyl sites for hydroxylation is 1. The average molecular weight is 302 g/mol. The van der Waals surface area contributed by atoms with Crippen LogP contribution in [-0.4, -0.2) is 31.1 Å². The molecule has 0 bridgehead atoms. The molecule has 1 rings (SSSR count). The highest BCUT2D eigenvalue weighted by Crippen LogP contribution is 2.26. The lowest BCUT2D eigenvalue weighted by atomic mass is 10.2. The lowest BCUT2D eigenvalue weighted by Crippen LogP contribution is -2.32. The summed E-state index contributed by atoms with van der Waals surface area (Å²) in [6.45, 7) is 3.19. The van der Waals surface area contributed by atoms with Gasteiger partial charge in [-0.2, -0.15) is 0 Å². The molecule has 1 atom stereocenters. The number of nitro groups is 1. The van der Waals surface area contributed by atoms with Gasteiger partial charge in [-0.3, -0.25) is 10.1 Å². The van der Waals surface area contributed by atoms with Crippen LogP contribution in [0.3, 0.4) is 0 Å². The van der Waals surface area contributed by atoms with E-state index in [0.29, 0.717) is 12.8 Å². The lowest BCUT2D eigenvalue weighted by Gasteiger charge is -2.12. The smallest absolute Gasteiger partial charge is 0.289 e. The van der Waals surface area contributed by atoms with Gasteiger partial charge in [0.25, 0.3) is 5.69 Å². The first-order valence-electron chi connectivity index (χ1n) is 6.21. The van der Waals surface area contributed by atoms with E-state index in [4.69, 9.17) is 0 Å². The fraction of sp³-hybridized carbons (Fsp3) is 0.500. The molecule has 0 radical (unpaired) electrons. The zero-order valence-electron chi connectivity index (χ0n) is 11.4. The van der Waals surface area contributed by atoms with Crippen LogP contribution in [0.25, 0.3) is 0 Å². The number of aliphatic hydroxyl groups is 1. The molecule has 1 aromatic carbocycles. The largest absolute Gasteiger partial charge is 0.392 e. The minimum atomic E-state index is -4.03. The van der Waals surface area contributed by atoms with Gasteiger partial charge in [-0.05, 0) is 18.9 Å². The maximum atomic E-state index is 12.2. The SMILES string of the molecule is CCCC(O)CNS(=O)(=O)c1c(C)cccc1[N+](=O)[O-]. The van der Waals surface area contributed by atoms with Crippen molar-refractivity contribution in [2.75, 3.05) is 6.54 Å². The van der Waals surface area contributed by atoms with Gasteiger partial charge in [-0.1, -0.05) is 25.5 Å². The predicted molar refractivity (Wildman–Crippen MR) is 73.9 cm³/mol. The normalized spacial score (nSPS) is 13.2. The number of benzene rings is 1. The number of hydrogen-bond acceptors (Lipinski definition) is 5. The van der Waals surface area contributed by atoms with Gasteiger partial charge in [0, 0.05) is 12.6 Å². The van der Waals surface area contributed by atoms with Crippen LogP contribution in [0.5, 0.6) is 0 Å². The van der Waals surface area contributed by atoms with Gasteiger partial charge in [-0.15, -0.1) is 0 Å². The van der Waals surface area contributed by atoms with Crippen molar-refractivity contribution in [1.29, 1.82) is 0 Å². The third-order valence-electron chi connectivity index (χ3n) is 2.79. The van der Waals surface area contributed by atoms with Gasteiger partial charge in [0.1, 0.15) is 0 Å². The van der Waals surface area contributed by atoms with Crippen LogP contribution in [0.2, 0.25) is 0 Å². The molecule has 0 aliphatic heterocycles. The van der Waals surface area contributed by atoms with E-state index in [-0.39, 0.29) is 17.0 Å². The molecule has 0 aliphatic rings. The highest BCUT2D eigenvalue weighted by molar-refractivity contribution is 7.89. The van der Waals surface area contributed by atoms with E-state index in [0.717, 1.165) is 6.07 Å².